The van der Waals surface area contributed by atoms with Crippen LogP contribution in [0.4, 0.5) is 4.79 Å². The highest BCUT2D eigenvalue weighted by molar-refractivity contribution is 7.47. The first-order valence-electron chi connectivity index (χ1n) is 34.7. The van der Waals surface area contributed by atoms with E-state index in [9.17, 15) is 94.4 Å². The minimum atomic E-state index is -5.79. The number of nitrogens with one attached hydrogen (secondary N) is 2. The number of phosphoric ester groups is 1. The second-order valence-corrected chi connectivity index (χ2v) is 30.6. The monoisotopic (exact) mass is 1500 g/mol. The summed E-state index contributed by atoms with van der Waals surface area (Å²) in [5.74, 6) is -4.16. The number of carbonyl (C=O) groups excluding carboxylic acids is 5. The smallest absolute Gasteiger partial charge is 0.474 e. The predicted molar refractivity (Wildman–Crippen MR) is 349 cm³/mol. The number of carbonyl (C=O) groups is 6. The average molecular weight is 1500 g/mol. The van der Waals surface area contributed by atoms with Gasteiger partial charge in [-0.25, -0.2) is 14.2 Å². The molecule has 0 saturated carbocycles. The first-order chi connectivity index (χ1) is 47.5. The molecule has 5 aliphatic rings. The molecule has 5 heterocycles. The number of amides is 5. The first-order valence-corrected chi connectivity index (χ1v) is 36.2. The summed E-state index contributed by atoms with van der Waals surface area (Å²) in [5, 5.41) is 125. The summed E-state index contributed by atoms with van der Waals surface area (Å²) in [6.07, 6.45) is -36.6. The van der Waals surface area contributed by atoms with Gasteiger partial charge < -0.3 is 141 Å². The van der Waals surface area contributed by atoms with E-state index in [-0.39, 0.29) is 17.9 Å². The number of hydrogen-bond acceptors (Lipinski definition) is 30. The molecule has 5 saturated heterocycles. The fraction of sp³-hybridized carbons (Fsp3) is 0.906. The molecule has 0 spiro atoms. The van der Waals surface area contributed by atoms with Gasteiger partial charge in [0.05, 0.1) is 25.9 Å². The van der Waals surface area contributed by atoms with Gasteiger partial charge in [0.2, 0.25) is 23.6 Å². The van der Waals surface area contributed by atoms with Crippen LogP contribution < -0.4 is 27.8 Å². The Kier molecular flexibility index (Phi) is 34.5. The Balaban J connectivity index is 1.38. The standard InChI is InChI=1S/C64H114N5O32P/c1-28(2)15-14-17-29(3)18-19-31(5)20-23-63(9,10)22-13-12-16-30(4)21-24-89-37(56(83)84)27-91-102(87,88)101-61-51(52(100-62(67)85)64(11,86)53(99-61)55(66)82)98-58-39(69-34(8)72)42(75)49(36(94-58)26-90-59-46(79)43(76)40(73)35(25-70)93-59)96-57-38(68-33(7)71)41(74)48(32(6)92-57)95-60-47(80)44(77)45(78)50(97-60)54(65)81/h28-32,35-53,57-61,70,73-80,86H,12-27H2,1-11H3,(H2,65,81)(H2,66,82)(H2,67,85)(H,68,71)(H,69,72)(H,83,84)(H,87,88)/t29?,30?,31?,32-,35-,36-,37-,38-,39-,40-,41-,42-,43+,44+,45-,46-,47-,48-,49-,50+,51-,52-,53-,57+,58+,59-,60-,61-,64+/m1/s1. The van der Waals surface area contributed by atoms with Gasteiger partial charge >= 0.3 is 19.9 Å². The highest BCUT2D eigenvalue weighted by atomic mass is 31.2. The molecule has 37 nitrogen and oxygen atoms in total. The highest BCUT2D eigenvalue weighted by Gasteiger charge is 2.62. The topological polar surface area (TPSA) is 584 Å². The second-order valence-electron chi connectivity index (χ2n) is 29.2. The highest BCUT2D eigenvalue weighted by Crippen LogP contribution is 2.49. The summed E-state index contributed by atoms with van der Waals surface area (Å²) in [4.78, 5) is 87.9. The Hall–Kier alpha value is -4.07. The number of aliphatic carboxylic acids is 1. The molecule has 5 rings (SSSR count). The molecule has 0 aliphatic carbocycles. The Morgan fingerprint density at radius 3 is 1.71 bits per heavy atom. The molecule has 0 aromatic heterocycles. The number of primary amides is 3. The van der Waals surface area contributed by atoms with Gasteiger partial charge in [-0.15, -0.1) is 0 Å². The van der Waals surface area contributed by atoms with E-state index in [0.717, 1.165) is 71.1 Å². The maximum Gasteiger partial charge on any atom is 0.474 e. The zero-order chi connectivity index (χ0) is 76.6. The molecule has 102 heavy (non-hydrogen) atoms. The van der Waals surface area contributed by atoms with Crippen molar-refractivity contribution < 1.29 is 156 Å². The third-order valence-electron chi connectivity index (χ3n) is 19.2. The SMILES string of the molecule is CC(=O)N[C@H]1[C@H](O[C@H]2[C@H](O)[C@@H](NC(C)=O)[C@H](O[C@H]3[C@@H](OP(=O)(O)OC[C@@H](OCCC(C)CCCCC(C)(C)CCC(C)CCC(C)CCCC(C)C)C(=O)O)O[C@H](C(N)=O)[C@@](C)(O)[C@@H]3OC(N)=O)O[C@@H]2CO[C@@H]2O[C@H](CO)[C@@H](O)[C@H](O)[C@H]2O)O[C@H](C)[C@@H](O[C@@H]2O[C@H](C(N)=O)[C@H](O)[C@H](O)[C@H]2O)[C@@H]1O. The van der Waals surface area contributed by atoms with Crippen LogP contribution in [0.1, 0.15) is 153 Å². The van der Waals surface area contributed by atoms with Crippen molar-refractivity contribution in [1.82, 2.24) is 10.6 Å². The third-order valence-corrected chi connectivity index (χ3v) is 20.2. The molecule has 0 radical (unpaired) electrons. The molecule has 5 amide bonds. The van der Waals surface area contributed by atoms with Gasteiger partial charge in [0.15, 0.2) is 62.0 Å². The van der Waals surface area contributed by atoms with Crippen molar-refractivity contribution in [2.45, 2.75) is 312 Å². The van der Waals surface area contributed by atoms with Crippen LogP contribution in [0.5, 0.6) is 0 Å². The van der Waals surface area contributed by atoms with Crippen LogP contribution in [0.2, 0.25) is 0 Å². The fourth-order valence-corrected chi connectivity index (χ4v) is 13.8. The first kappa shape index (κ1) is 88.6. The summed E-state index contributed by atoms with van der Waals surface area (Å²) in [7, 11) is -5.79. The van der Waals surface area contributed by atoms with Crippen molar-refractivity contribution in [2.24, 2.45) is 46.3 Å². The van der Waals surface area contributed by atoms with Crippen LogP contribution in [0, 0.1) is 29.1 Å². The van der Waals surface area contributed by atoms with Crippen LogP contribution in [0.15, 0.2) is 0 Å². The molecule has 4 unspecified atom stereocenters. The zero-order valence-corrected chi connectivity index (χ0v) is 60.7. The number of rotatable bonds is 40. The van der Waals surface area contributed by atoms with Gasteiger partial charge in [0, 0.05) is 20.5 Å². The average Bonchev–Trinajstić information content (AvgIpc) is 0.751. The van der Waals surface area contributed by atoms with Crippen molar-refractivity contribution in [3.8, 4) is 0 Å². The lowest BCUT2D eigenvalue weighted by molar-refractivity contribution is -0.375. The molecule has 20 N–H and O–H groups in total. The molecule has 30 atom stereocenters. The third kappa shape index (κ3) is 25.3. The predicted octanol–water partition coefficient (Wildman–Crippen LogP) is -2.25. The maximum absolute atomic E-state index is 14.1. The van der Waals surface area contributed by atoms with Gasteiger partial charge in [0.1, 0.15) is 90.9 Å². The van der Waals surface area contributed by atoms with Crippen LogP contribution in [-0.4, -0.2) is 282 Å². The normalized spacial score (nSPS) is 37.1. The lowest BCUT2D eigenvalue weighted by Gasteiger charge is -2.52. The second kappa shape index (κ2) is 39.7. The van der Waals surface area contributed by atoms with Crippen molar-refractivity contribution in [2.75, 3.05) is 26.4 Å². The molecule has 0 aromatic rings. The van der Waals surface area contributed by atoms with Gasteiger partial charge in [-0.2, -0.15) is 0 Å². The number of aliphatic hydroxyl groups excluding tert-OH is 9. The summed E-state index contributed by atoms with van der Waals surface area (Å²) in [5.41, 5.74) is 13.7. The van der Waals surface area contributed by atoms with E-state index in [0.29, 0.717) is 12.3 Å². The van der Waals surface area contributed by atoms with Crippen LogP contribution in [-0.2, 0) is 89.7 Å². The molecule has 592 valence electrons. The number of carboxylic acid groups (broad SMARTS) is 1. The van der Waals surface area contributed by atoms with E-state index in [4.69, 9.17) is 78.4 Å². The molecule has 0 bridgehead atoms. The van der Waals surface area contributed by atoms with Crippen molar-refractivity contribution >= 4 is 43.5 Å². The number of nitrogens with two attached hydrogens (primary N) is 3. The van der Waals surface area contributed by atoms with Crippen LogP contribution in [0.25, 0.3) is 0 Å². The minimum absolute atomic E-state index is 0.0742. The number of hydrogen-bond donors (Lipinski definition) is 17. The summed E-state index contributed by atoms with van der Waals surface area (Å²) in [6, 6.07) is -3.88. The van der Waals surface area contributed by atoms with Crippen molar-refractivity contribution in [3.63, 3.8) is 0 Å². The Morgan fingerprint density at radius 2 is 1.14 bits per heavy atom. The Labute approximate surface area is 592 Å². The number of aliphatic hydroxyl groups is 10. The molecule has 0 aromatic carbocycles. The number of phosphoric acid groups is 1. The number of carboxylic acids is 1. The maximum atomic E-state index is 14.1. The van der Waals surface area contributed by atoms with Crippen LogP contribution in [0.3, 0.4) is 0 Å². The van der Waals surface area contributed by atoms with Crippen molar-refractivity contribution in [3.05, 3.63) is 0 Å². The number of ether oxygens (including phenoxy) is 11. The minimum Gasteiger partial charge on any atom is -0.479 e. The van der Waals surface area contributed by atoms with E-state index in [1.807, 2.05) is 6.92 Å². The lowest BCUT2D eigenvalue weighted by Crippen LogP contribution is -2.72. The van der Waals surface area contributed by atoms with Crippen LogP contribution >= 0.6 is 7.82 Å². The Bertz CT molecular complexity index is 2710. The number of unbranched alkanes of at least 4 members (excludes halogenated alkanes) is 1. The molecule has 5 fully saturated rings. The molecule has 38 heteroatoms. The molecular formula is C64H114N5O32P. The molecular weight excluding hydrogens is 1380 g/mol. The summed E-state index contributed by atoms with van der Waals surface area (Å²) >= 11 is 0. The van der Waals surface area contributed by atoms with E-state index in [1.165, 1.54) is 39.0 Å². The summed E-state index contributed by atoms with van der Waals surface area (Å²) < 4.78 is 88.6. The fourth-order valence-electron chi connectivity index (χ4n) is 13.0. The molecule has 5 aliphatic heterocycles. The van der Waals surface area contributed by atoms with Crippen molar-refractivity contribution in [1.29, 1.82) is 0 Å². The zero-order valence-electron chi connectivity index (χ0n) is 59.8. The van der Waals surface area contributed by atoms with Gasteiger partial charge in [0.25, 0.3) is 0 Å². The van der Waals surface area contributed by atoms with E-state index in [2.05, 4.69) is 52.2 Å². The Morgan fingerprint density at radius 1 is 0.598 bits per heavy atom. The van der Waals surface area contributed by atoms with E-state index >= 15 is 0 Å². The van der Waals surface area contributed by atoms with E-state index < -0.39 is 222 Å². The van der Waals surface area contributed by atoms with Gasteiger partial charge in [-0.05, 0) is 62.2 Å². The lowest BCUT2D eigenvalue weighted by atomic mass is 9.79. The summed E-state index contributed by atoms with van der Waals surface area (Å²) in [6.45, 7) is 16.4. The van der Waals surface area contributed by atoms with E-state index in [1.54, 1.807) is 0 Å². The largest absolute Gasteiger partial charge is 0.479 e. The van der Waals surface area contributed by atoms with Gasteiger partial charge in [-0.1, -0.05) is 106 Å². The quantitative estimate of drug-likeness (QED) is 0.0228. The van der Waals surface area contributed by atoms with Gasteiger partial charge in [-0.3, -0.25) is 28.2 Å².